The van der Waals surface area contributed by atoms with Crippen molar-refractivity contribution in [2.75, 3.05) is 31.1 Å². The maximum absolute atomic E-state index is 12.8. The van der Waals surface area contributed by atoms with Gasteiger partial charge in [0, 0.05) is 44.0 Å². The molecule has 1 N–H and O–H groups in total. The quantitative estimate of drug-likeness (QED) is 0.447. The Labute approximate surface area is 169 Å². The van der Waals surface area contributed by atoms with Crippen molar-refractivity contribution in [1.29, 1.82) is 0 Å². The number of piperazine rings is 1. The Hall–Kier alpha value is -2.22. The number of halogens is 3. The zero-order chi connectivity index (χ0) is 19.7. The molecular formula is C17H14Cl3N3O4. The van der Waals surface area contributed by atoms with Crippen LogP contribution < -0.4 is 4.90 Å². The van der Waals surface area contributed by atoms with Gasteiger partial charge in [-0.25, -0.2) is 0 Å². The number of anilines is 1. The predicted octanol–water partition coefficient (Wildman–Crippen LogP) is 4.22. The van der Waals surface area contributed by atoms with Gasteiger partial charge in [0.05, 0.1) is 20.0 Å². The number of benzene rings is 2. The molecule has 0 atom stereocenters. The predicted molar refractivity (Wildman–Crippen MR) is 104 cm³/mol. The lowest BCUT2D eigenvalue weighted by atomic mass is 10.1. The van der Waals surface area contributed by atoms with Crippen molar-refractivity contribution in [3.8, 4) is 5.75 Å². The average Bonchev–Trinajstić information content (AvgIpc) is 2.66. The second-order valence-corrected chi connectivity index (χ2v) is 7.13. The van der Waals surface area contributed by atoms with Crippen LogP contribution in [0.5, 0.6) is 5.75 Å². The third-order valence-electron chi connectivity index (χ3n) is 4.33. The number of amides is 1. The lowest BCUT2D eigenvalue weighted by Crippen LogP contribution is -2.48. The van der Waals surface area contributed by atoms with Crippen LogP contribution >= 0.6 is 34.8 Å². The Morgan fingerprint density at radius 1 is 1.07 bits per heavy atom. The van der Waals surface area contributed by atoms with E-state index in [1.807, 2.05) is 4.90 Å². The summed E-state index contributed by atoms with van der Waals surface area (Å²) in [6.07, 6.45) is 0. The Bertz CT molecular complexity index is 888. The van der Waals surface area contributed by atoms with Crippen LogP contribution in [0.1, 0.15) is 10.4 Å². The number of aromatic hydroxyl groups is 1. The largest absolute Gasteiger partial charge is 0.505 e. The van der Waals surface area contributed by atoms with Gasteiger partial charge in [-0.15, -0.1) is 0 Å². The molecule has 0 bridgehead atoms. The number of hydrogen-bond acceptors (Lipinski definition) is 5. The number of non-ortho nitro benzene ring substituents is 1. The minimum atomic E-state index is -0.472. The number of carbonyl (C=O) groups is 1. The Balaban J connectivity index is 1.76. The first-order chi connectivity index (χ1) is 12.8. The van der Waals surface area contributed by atoms with E-state index in [1.54, 1.807) is 12.1 Å². The van der Waals surface area contributed by atoms with E-state index < -0.39 is 16.6 Å². The minimum Gasteiger partial charge on any atom is -0.505 e. The van der Waals surface area contributed by atoms with Gasteiger partial charge in [-0.3, -0.25) is 14.9 Å². The second kappa shape index (κ2) is 7.80. The number of nitro groups is 1. The fourth-order valence-corrected chi connectivity index (χ4v) is 3.60. The average molecular weight is 431 g/mol. The van der Waals surface area contributed by atoms with Crippen molar-refractivity contribution in [1.82, 2.24) is 4.90 Å². The highest BCUT2D eigenvalue weighted by atomic mass is 35.5. The summed E-state index contributed by atoms with van der Waals surface area (Å²) >= 11 is 17.9. The van der Waals surface area contributed by atoms with E-state index in [1.165, 1.54) is 23.1 Å². The van der Waals surface area contributed by atoms with Crippen LogP contribution in [0.25, 0.3) is 0 Å². The highest BCUT2D eigenvalue weighted by Gasteiger charge is 2.28. The van der Waals surface area contributed by atoms with Crippen molar-refractivity contribution < 1.29 is 14.8 Å². The maximum atomic E-state index is 12.8. The second-order valence-electron chi connectivity index (χ2n) is 5.93. The SMILES string of the molecule is O=C(c1c(O)c(Cl)cc(Cl)c1Cl)N1CCN(c2cccc([N+](=O)[O-])c2)CC1. The van der Waals surface area contributed by atoms with Gasteiger partial charge in [0.2, 0.25) is 0 Å². The van der Waals surface area contributed by atoms with E-state index in [2.05, 4.69) is 0 Å². The summed E-state index contributed by atoms with van der Waals surface area (Å²) in [7, 11) is 0. The van der Waals surface area contributed by atoms with Crippen LogP contribution in [-0.2, 0) is 0 Å². The number of phenols is 1. The van der Waals surface area contributed by atoms with Crippen LogP contribution in [0.3, 0.4) is 0 Å². The summed E-state index contributed by atoms with van der Waals surface area (Å²) in [6.45, 7) is 1.64. The molecule has 1 saturated heterocycles. The fourth-order valence-electron chi connectivity index (χ4n) is 2.91. The van der Waals surface area contributed by atoms with E-state index in [0.717, 1.165) is 0 Å². The van der Waals surface area contributed by atoms with Gasteiger partial charge in [-0.2, -0.15) is 0 Å². The number of nitrogens with zero attached hydrogens (tertiary/aromatic N) is 3. The molecule has 142 valence electrons. The Kier molecular flexibility index (Phi) is 5.64. The van der Waals surface area contributed by atoms with E-state index >= 15 is 0 Å². The molecule has 7 nitrogen and oxygen atoms in total. The lowest BCUT2D eigenvalue weighted by molar-refractivity contribution is -0.384. The summed E-state index contributed by atoms with van der Waals surface area (Å²) in [5.41, 5.74) is 0.595. The number of phenolic OH excluding ortho intramolecular Hbond substituents is 1. The summed E-state index contributed by atoms with van der Waals surface area (Å²) in [5, 5.41) is 21.0. The summed E-state index contributed by atoms with van der Waals surface area (Å²) < 4.78 is 0. The molecule has 27 heavy (non-hydrogen) atoms. The van der Waals surface area contributed by atoms with Crippen molar-refractivity contribution >= 4 is 52.1 Å². The number of nitro benzene ring substituents is 1. The van der Waals surface area contributed by atoms with Crippen molar-refractivity contribution in [2.45, 2.75) is 0 Å². The van der Waals surface area contributed by atoms with Gasteiger partial charge < -0.3 is 14.9 Å². The number of hydrogen-bond donors (Lipinski definition) is 1. The lowest BCUT2D eigenvalue weighted by Gasteiger charge is -2.36. The minimum absolute atomic E-state index is 0.0104. The first-order valence-electron chi connectivity index (χ1n) is 7.94. The third kappa shape index (κ3) is 3.90. The molecule has 0 aromatic heterocycles. The number of rotatable bonds is 3. The molecule has 1 aliphatic heterocycles. The zero-order valence-corrected chi connectivity index (χ0v) is 16.1. The zero-order valence-electron chi connectivity index (χ0n) is 13.9. The molecule has 3 rings (SSSR count). The fraction of sp³-hybridized carbons (Fsp3) is 0.235. The van der Waals surface area contributed by atoms with Crippen molar-refractivity contribution in [2.24, 2.45) is 0 Å². The van der Waals surface area contributed by atoms with Gasteiger partial charge in [-0.1, -0.05) is 40.9 Å². The molecule has 0 aliphatic carbocycles. The molecule has 0 spiro atoms. The summed E-state index contributed by atoms with van der Waals surface area (Å²) in [6, 6.07) is 7.60. The van der Waals surface area contributed by atoms with Crippen LogP contribution in [0.2, 0.25) is 15.1 Å². The van der Waals surface area contributed by atoms with E-state index in [0.29, 0.717) is 31.9 Å². The highest BCUT2D eigenvalue weighted by Crippen LogP contribution is 2.39. The standard InChI is InChI=1S/C17H14Cl3N3O4/c18-12-9-13(19)16(24)14(15(12)20)17(25)22-6-4-21(5-7-22)10-2-1-3-11(8-10)23(26)27/h1-3,8-9,24H,4-7H2. The summed E-state index contributed by atoms with van der Waals surface area (Å²) in [4.78, 5) is 26.7. The smallest absolute Gasteiger partial charge is 0.271 e. The molecule has 1 fully saturated rings. The molecule has 2 aromatic rings. The topological polar surface area (TPSA) is 86.9 Å². The molecule has 1 amide bonds. The first-order valence-corrected chi connectivity index (χ1v) is 9.08. The van der Waals surface area contributed by atoms with Gasteiger partial charge in [-0.05, 0) is 12.1 Å². The van der Waals surface area contributed by atoms with E-state index in [9.17, 15) is 20.0 Å². The molecule has 2 aromatic carbocycles. The monoisotopic (exact) mass is 429 g/mol. The van der Waals surface area contributed by atoms with Gasteiger partial charge in [0.15, 0.2) is 0 Å². The normalized spacial score (nSPS) is 14.3. The van der Waals surface area contributed by atoms with Gasteiger partial charge >= 0.3 is 0 Å². The molecule has 0 saturated carbocycles. The highest BCUT2D eigenvalue weighted by molar-refractivity contribution is 6.45. The van der Waals surface area contributed by atoms with Gasteiger partial charge in [0.25, 0.3) is 11.6 Å². The van der Waals surface area contributed by atoms with Crippen molar-refractivity contribution in [3.63, 3.8) is 0 Å². The molecule has 0 radical (unpaired) electrons. The molecule has 0 unspecified atom stereocenters. The number of carbonyl (C=O) groups excluding carboxylic acids is 1. The van der Waals surface area contributed by atoms with Crippen LogP contribution in [0.15, 0.2) is 30.3 Å². The van der Waals surface area contributed by atoms with E-state index in [-0.39, 0.29) is 26.3 Å². The summed E-state index contributed by atoms with van der Waals surface area (Å²) in [5.74, 6) is -0.877. The van der Waals surface area contributed by atoms with Gasteiger partial charge in [0.1, 0.15) is 11.3 Å². The Morgan fingerprint density at radius 3 is 2.37 bits per heavy atom. The molecule has 10 heteroatoms. The van der Waals surface area contributed by atoms with Crippen molar-refractivity contribution in [3.05, 3.63) is 61.1 Å². The van der Waals surface area contributed by atoms with Crippen LogP contribution in [0, 0.1) is 10.1 Å². The molecular weight excluding hydrogens is 417 g/mol. The Morgan fingerprint density at radius 2 is 1.74 bits per heavy atom. The van der Waals surface area contributed by atoms with Crippen LogP contribution in [-0.4, -0.2) is 47.0 Å². The van der Waals surface area contributed by atoms with E-state index in [4.69, 9.17) is 34.8 Å². The molecule has 1 aliphatic rings. The molecule has 1 heterocycles. The van der Waals surface area contributed by atoms with Crippen LogP contribution in [0.4, 0.5) is 11.4 Å². The maximum Gasteiger partial charge on any atom is 0.271 e. The first kappa shape index (κ1) is 19.5. The third-order valence-corrected chi connectivity index (χ3v) is 5.41.